The third-order valence-electron chi connectivity index (χ3n) is 5.20. The normalized spacial score (nSPS) is 11.7. The van der Waals surface area contributed by atoms with Gasteiger partial charge in [0.25, 0.3) is 5.91 Å². The number of rotatable bonds is 8. The van der Waals surface area contributed by atoms with Gasteiger partial charge in [-0.1, -0.05) is 18.2 Å². The first-order valence-corrected chi connectivity index (χ1v) is 11.4. The summed E-state index contributed by atoms with van der Waals surface area (Å²) < 4.78 is 87.0. The number of amides is 1. The van der Waals surface area contributed by atoms with Crippen LogP contribution in [0.4, 0.5) is 26.3 Å². The van der Waals surface area contributed by atoms with Crippen LogP contribution in [0.2, 0.25) is 0 Å². The van der Waals surface area contributed by atoms with Crippen molar-refractivity contribution in [3.8, 4) is 28.4 Å². The molecule has 0 spiro atoms. The molecule has 0 saturated heterocycles. The molecule has 0 aliphatic rings. The first-order chi connectivity index (χ1) is 19.6. The van der Waals surface area contributed by atoms with Crippen molar-refractivity contribution in [1.82, 2.24) is 10.3 Å². The quantitative estimate of drug-likeness (QED) is 0.0992. The SMILES string of the molecule is N=C(N)c1ccc(O)c(/C=C/CNC(=O)c2ccc(-c3cccnc3)c(OC(=O)C(F)(F)F)c2OC(=O)C(F)(F)F)c1. The summed E-state index contributed by atoms with van der Waals surface area (Å²) in [4.78, 5) is 40.1. The highest BCUT2D eigenvalue weighted by Crippen LogP contribution is 2.42. The van der Waals surface area contributed by atoms with Gasteiger partial charge in [0, 0.05) is 41.2 Å². The molecule has 42 heavy (non-hydrogen) atoms. The summed E-state index contributed by atoms with van der Waals surface area (Å²) in [7, 11) is 0. The molecule has 1 aromatic heterocycles. The van der Waals surface area contributed by atoms with Crippen molar-refractivity contribution in [2.24, 2.45) is 5.73 Å². The number of hydrogen-bond acceptors (Lipinski definition) is 8. The molecule has 0 aliphatic carbocycles. The largest absolute Gasteiger partial charge is 0.507 e. The van der Waals surface area contributed by atoms with E-state index in [4.69, 9.17) is 11.1 Å². The van der Waals surface area contributed by atoms with E-state index in [1.165, 1.54) is 48.7 Å². The van der Waals surface area contributed by atoms with Crippen molar-refractivity contribution < 1.29 is 55.3 Å². The van der Waals surface area contributed by atoms with Crippen LogP contribution >= 0.6 is 0 Å². The summed E-state index contributed by atoms with van der Waals surface area (Å²) in [5, 5.41) is 19.6. The van der Waals surface area contributed by atoms with Crippen LogP contribution in [0.1, 0.15) is 21.5 Å². The molecule has 10 nitrogen and oxygen atoms in total. The fraction of sp³-hybridized carbons (Fsp3) is 0.115. The molecule has 0 atom stereocenters. The molecule has 1 heterocycles. The molecule has 0 aliphatic heterocycles. The molecular formula is C26H18F6N4O6. The smallest absolute Gasteiger partial charge is 0.491 e. The number of alkyl halides is 6. The highest BCUT2D eigenvalue weighted by Gasteiger charge is 2.45. The number of pyridine rings is 1. The lowest BCUT2D eigenvalue weighted by Crippen LogP contribution is -2.32. The van der Waals surface area contributed by atoms with E-state index in [9.17, 15) is 45.8 Å². The Bertz CT molecular complexity index is 1560. The molecule has 2 aromatic carbocycles. The van der Waals surface area contributed by atoms with Crippen molar-refractivity contribution in [3.63, 3.8) is 0 Å². The predicted molar refractivity (Wildman–Crippen MR) is 134 cm³/mol. The molecular weight excluding hydrogens is 578 g/mol. The molecule has 0 fully saturated rings. The highest BCUT2D eigenvalue weighted by atomic mass is 19.4. The van der Waals surface area contributed by atoms with Crippen LogP contribution in [0.5, 0.6) is 17.2 Å². The number of carbonyl (C=O) groups excluding carboxylic acids is 3. The number of phenolic OH excluding ortho intramolecular Hbond substituents is 1. The third kappa shape index (κ3) is 7.61. The number of nitrogens with zero attached hydrogens (tertiary/aromatic N) is 1. The lowest BCUT2D eigenvalue weighted by atomic mass is 10.0. The minimum absolute atomic E-state index is 0.0609. The van der Waals surface area contributed by atoms with Gasteiger partial charge in [-0.2, -0.15) is 26.3 Å². The Kier molecular flexibility index (Phi) is 9.19. The molecule has 3 rings (SSSR count). The standard InChI is InChI=1S/C26H18F6N4O6/c27-25(28,29)23(39)41-19-16(15-4-1-9-35-12-15)6-7-17(20(19)42-24(40)26(30,31)32)22(38)36-10-2-3-13-11-14(21(33)34)5-8-18(13)37/h1-9,11-12,37H,10H2,(H3,33,34)(H,36,38)/b3-2+. The lowest BCUT2D eigenvalue weighted by Gasteiger charge is -2.18. The van der Waals surface area contributed by atoms with Gasteiger partial charge in [-0.25, -0.2) is 9.59 Å². The average Bonchev–Trinajstić information content (AvgIpc) is 2.91. The Morgan fingerprint density at radius 2 is 1.62 bits per heavy atom. The second kappa shape index (κ2) is 12.4. The first kappa shape index (κ1) is 31.1. The van der Waals surface area contributed by atoms with Gasteiger partial charge in [0.05, 0.1) is 5.56 Å². The summed E-state index contributed by atoms with van der Waals surface area (Å²) in [5.41, 5.74) is 4.44. The van der Waals surface area contributed by atoms with Gasteiger partial charge in [-0.15, -0.1) is 0 Å². The maximum absolute atomic E-state index is 13.1. The summed E-state index contributed by atoms with van der Waals surface area (Å²) in [6, 6.07) is 8.34. The van der Waals surface area contributed by atoms with Crippen LogP contribution in [0.3, 0.4) is 0 Å². The molecule has 5 N–H and O–H groups in total. The number of aromatic nitrogens is 1. The number of aromatic hydroxyl groups is 1. The Morgan fingerprint density at radius 3 is 2.19 bits per heavy atom. The average molecular weight is 596 g/mol. The molecule has 16 heteroatoms. The number of nitrogens with two attached hydrogens (primary N) is 1. The highest BCUT2D eigenvalue weighted by molar-refractivity contribution is 6.01. The van der Waals surface area contributed by atoms with E-state index in [-0.39, 0.29) is 34.8 Å². The summed E-state index contributed by atoms with van der Waals surface area (Å²) >= 11 is 0. The van der Waals surface area contributed by atoms with Crippen molar-refractivity contribution in [3.05, 3.63) is 77.6 Å². The van der Waals surface area contributed by atoms with E-state index in [2.05, 4.69) is 19.8 Å². The van der Waals surface area contributed by atoms with Gasteiger partial charge in [0.1, 0.15) is 11.6 Å². The monoisotopic (exact) mass is 596 g/mol. The second-order valence-corrected chi connectivity index (χ2v) is 8.13. The van der Waals surface area contributed by atoms with E-state index in [0.717, 1.165) is 18.3 Å². The number of benzene rings is 2. The van der Waals surface area contributed by atoms with Crippen LogP contribution in [0, 0.1) is 5.41 Å². The van der Waals surface area contributed by atoms with Crippen molar-refractivity contribution in [2.75, 3.05) is 6.54 Å². The van der Waals surface area contributed by atoms with E-state index < -0.39 is 52.8 Å². The minimum atomic E-state index is -5.65. The van der Waals surface area contributed by atoms with Crippen molar-refractivity contribution >= 4 is 29.8 Å². The molecule has 3 aromatic rings. The Morgan fingerprint density at radius 1 is 0.976 bits per heavy atom. The van der Waals surface area contributed by atoms with E-state index in [0.29, 0.717) is 0 Å². The molecule has 220 valence electrons. The number of ether oxygens (including phenoxy) is 2. The first-order valence-electron chi connectivity index (χ1n) is 11.4. The predicted octanol–water partition coefficient (Wildman–Crippen LogP) is 4.12. The van der Waals surface area contributed by atoms with Crippen molar-refractivity contribution in [1.29, 1.82) is 5.41 Å². The number of phenols is 1. The van der Waals surface area contributed by atoms with Crippen LogP contribution in [0.25, 0.3) is 17.2 Å². The maximum Gasteiger partial charge on any atom is 0.491 e. The number of halogens is 6. The number of carbonyl (C=O) groups is 3. The topological polar surface area (TPSA) is 165 Å². The van der Waals surface area contributed by atoms with Gasteiger partial charge in [0.15, 0.2) is 11.5 Å². The number of esters is 2. The zero-order chi connectivity index (χ0) is 31.2. The Balaban J connectivity index is 2.04. The maximum atomic E-state index is 13.1. The van der Waals surface area contributed by atoms with Crippen molar-refractivity contribution in [2.45, 2.75) is 12.4 Å². The lowest BCUT2D eigenvalue weighted by molar-refractivity contribution is -0.191. The molecule has 0 radical (unpaired) electrons. The summed E-state index contributed by atoms with van der Waals surface area (Å²) in [6.07, 6.45) is -6.37. The third-order valence-corrected chi connectivity index (χ3v) is 5.20. The fourth-order valence-corrected chi connectivity index (χ4v) is 3.28. The number of nitrogens with one attached hydrogen (secondary N) is 2. The van der Waals surface area contributed by atoms with E-state index in [1.807, 2.05) is 0 Å². The van der Waals surface area contributed by atoms with Crippen LogP contribution < -0.4 is 20.5 Å². The van der Waals surface area contributed by atoms with Gasteiger partial charge >= 0.3 is 24.3 Å². The minimum Gasteiger partial charge on any atom is -0.507 e. The van der Waals surface area contributed by atoms with Crippen LogP contribution in [-0.4, -0.2) is 52.7 Å². The van der Waals surface area contributed by atoms with Gasteiger partial charge in [0.2, 0.25) is 0 Å². The second-order valence-electron chi connectivity index (χ2n) is 8.13. The van der Waals surface area contributed by atoms with E-state index in [1.54, 1.807) is 0 Å². The number of amidine groups is 1. The van der Waals surface area contributed by atoms with Crippen LogP contribution in [0.15, 0.2) is 60.9 Å². The van der Waals surface area contributed by atoms with Gasteiger partial charge in [-0.3, -0.25) is 15.2 Å². The Hall–Kier alpha value is -5.41. The molecule has 1 amide bonds. The van der Waals surface area contributed by atoms with Gasteiger partial charge < -0.3 is 25.6 Å². The Labute approximate surface area is 231 Å². The summed E-state index contributed by atoms with van der Waals surface area (Å²) in [5.74, 6) is -10.2. The van der Waals surface area contributed by atoms with Crippen LogP contribution in [-0.2, 0) is 9.59 Å². The fourth-order valence-electron chi connectivity index (χ4n) is 3.28. The zero-order valence-corrected chi connectivity index (χ0v) is 20.8. The number of nitrogen functional groups attached to an aromatic ring is 1. The van der Waals surface area contributed by atoms with Gasteiger partial charge in [-0.05, 0) is 36.4 Å². The molecule has 0 bridgehead atoms. The summed E-state index contributed by atoms with van der Waals surface area (Å²) in [6.45, 7) is -0.364. The van der Waals surface area contributed by atoms with E-state index >= 15 is 0 Å². The molecule has 0 saturated carbocycles. The zero-order valence-electron chi connectivity index (χ0n) is 20.8. The molecule has 0 unspecified atom stereocenters. The number of hydrogen-bond donors (Lipinski definition) is 4.